The largest absolute Gasteiger partial charge is 0.325 e. The predicted molar refractivity (Wildman–Crippen MR) is 90.0 cm³/mol. The van der Waals surface area contributed by atoms with E-state index >= 15 is 0 Å². The zero-order valence-electron chi connectivity index (χ0n) is 11.9. The van der Waals surface area contributed by atoms with Crippen molar-refractivity contribution in [1.29, 1.82) is 0 Å². The molecule has 23 heavy (non-hydrogen) atoms. The van der Waals surface area contributed by atoms with Crippen molar-refractivity contribution in [3.05, 3.63) is 68.7 Å². The van der Waals surface area contributed by atoms with Gasteiger partial charge in [0.2, 0.25) is 5.96 Å². The summed E-state index contributed by atoms with van der Waals surface area (Å²) in [6, 6.07) is 11.9. The van der Waals surface area contributed by atoms with Crippen molar-refractivity contribution in [2.45, 2.75) is 6.54 Å². The normalized spacial score (nSPS) is 13.2. The van der Waals surface area contributed by atoms with Crippen LogP contribution in [0.3, 0.4) is 0 Å². The molecule has 1 aliphatic heterocycles. The first-order valence-corrected chi connectivity index (χ1v) is 7.13. The quantitative estimate of drug-likeness (QED) is 0.514. The molecule has 0 aliphatic carbocycles. The van der Waals surface area contributed by atoms with Gasteiger partial charge in [0.25, 0.3) is 5.69 Å². The third-order valence-corrected chi connectivity index (χ3v) is 3.47. The van der Waals surface area contributed by atoms with Crippen molar-refractivity contribution >= 4 is 35.1 Å². The molecule has 1 aliphatic rings. The molecule has 0 saturated heterocycles. The SMILES string of the molecule is O=[N+]([O-])c1ccccc1/C=N/NC1=NCc2cc(Cl)ccc2N1. The van der Waals surface area contributed by atoms with Crippen LogP contribution < -0.4 is 10.7 Å². The number of nitro groups is 1. The average Bonchev–Trinajstić information content (AvgIpc) is 2.55. The Hall–Kier alpha value is -2.93. The van der Waals surface area contributed by atoms with Crippen LogP contribution in [0.1, 0.15) is 11.1 Å². The lowest BCUT2D eigenvalue weighted by Gasteiger charge is -2.17. The fourth-order valence-corrected chi connectivity index (χ4v) is 2.33. The van der Waals surface area contributed by atoms with Gasteiger partial charge in [-0.25, -0.2) is 10.4 Å². The van der Waals surface area contributed by atoms with E-state index in [0.29, 0.717) is 23.1 Å². The lowest BCUT2D eigenvalue weighted by molar-refractivity contribution is -0.385. The lowest BCUT2D eigenvalue weighted by atomic mass is 10.1. The second-order valence-electron chi connectivity index (χ2n) is 4.78. The molecule has 116 valence electrons. The molecule has 1 heterocycles. The predicted octanol–water partition coefficient (Wildman–Crippen LogP) is 3.15. The molecule has 0 radical (unpaired) electrons. The third kappa shape index (κ3) is 3.46. The molecule has 0 bridgehead atoms. The first-order valence-electron chi connectivity index (χ1n) is 6.76. The summed E-state index contributed by atoms with van der Waals surface area (Å²) in [6.07, 6.45) is 1.39. The molecule has 2 aromatic carbocycles. The summed E-state index contributed by atoms with van der Waals surface area (Å²) in [5, 5.41) is 18.7. The van der Waals surface area contributed by atoms with Gasteiger partial charge in [-0.2, -0.15) is 5.10 Å². The van der Waals surface area contributed by atoms with Gasteiger partial charge >= 0.3 is 0 Å². The van der Waals surface area contributed by atoms with E-state index in [1.807, 2.05) is 12.1 Å². The number of nitrogens with one attached hydrogen (secondary N) is 2. The van der Waals surface area contributed by atoms with Crippen LogP contribution in [0.4, 0.5) is 11.4 Å². The summed E-state index contributed by atoms with van der Waals surface area (Å²) in [7, 11) is 0. The number of para-hydroxylation sites is 1. The topological polar surface area (TPSA) is 91.9 Å². The number of benzene rings is 2. The number of anilines is 1. The molecule has 0 amide bonds. The Morgan fingerprint density at radius 1 is 1.35 bits per heavy atom. The first kappa shape index (κ1) is 15.0. The van der Waals surface area contributed by atoms with Crippen LogP contribution in [0.2, 0.25) is 5.02 Å². The van der Waals surface area contributed by atoms with Crippen molar-refractivity contribution < 1.29 is 4.92 Å². The number of rotatable bonds is 3. The van der Waals surface area contributed by atoms with E-state index in [1.54, 1.807) is 24.3 Å². The van der Waals surface area contributed by atoms with Gasteiger partial charge in [-0.15, -0.1) is 0 Å². The number of guanidine groups is 1. The molecule has 0 spiro atoms. The smallest absolute Gasteiger partial charge is 0.278 e. The number of halogens is 1. The van der Waals surface area contributed by atoms with Crippen molar-refractivity contribution in [3.63, 3.8) is 0 Å². The molecule has 8 heteroatoms. The summed E-state index contributed by atoms with van der Waals surface area (Å²) >= 11 is 5.93. The van der Waals surface area contributed by atoms with Gasteiger partial charge in [-0.1, -0.05) is 23.7 Å². The zero-order valence-corrected chi connectivity index (χ0v) is 12.6. The maximum absolute atomic E-state index is 10.9. The fraction of sp³-hybridized carbons (Fsp3) is 0.0667. The number of nitrogens with zero attached hydrogens (tertiary/aromatic N) is 3. The van der Waals surface area contributed by atoms with Crippen molar-refractivity contribution in [2.24, 2.45) is 10.1 Å². The summed E-state index contributed by atoms with van der Waals surface area (Å²) in [4.78, 5) is 14.8. The molecule has 0 atom stereocenters. The number of hydrazone groups is 1. The van der Waals surface area contributed by atoms with Gasteiger partial charge in [0.15, 0.2) is 0 Å². The number of nitro benzene ring substituents is 1. The second kappa shape index (κ2) is 6.45. The zero-order chi connectivity index (χ0) is 16.2. The minimum absolute atomic E-state index is 0.00317. The minimum atomic E-state index is -0.447. The van der Waals surface area contributed by atoms with E-state index in [4.69, 9.17) is 11.6 Å². The lowest BCUT2D eigenvalue weighted by Crippen LogP contribution is -2.29. The van der Waals surface area contributed by atoms with Crippen molar-refractivity contribution in [1.82, 2.24) is 5.43 Å². The van der Waals surface area contributed by atoms with Crippen molar-refractivity contribution in [2.75, 3.05) is 5.32 Å². The van der Waals surface area contributed by atoms with Gasteiger partial charge in [0, 0.05) is 16.8 Å². The fourth-order valence-electron chi connectivity index (χ4n) is 2.14. The number of aliphatic imine (C=N–C) groups is 1. The van der Waals surface area contributed by atoms with Gasteiger partial charge in [0.1, 0.15) is 0 Å². The van der Waals surface area contributed by atoms with Gasteiger partial charge < -0.3 is 5.32 Å². The third-order valence-electron chi connectivity index (χ3n) is 3.24. The number of fused-ring (bicyclic) bond motifs is 1. The van der Waals surface area contributed by atoms with Gasteiger partial charge in [-0.05, 0) is 29.8 Å². The monoisotopic (exact) mass is 329 g/mol. The van der Waals surface area contributed by atoms with Crippen LogP contribution in [0, 0.1) is 10.1 Å². The van der Waals surface area contributed by atoms with Crippen LogP contribution in [-0.4, -0.2) is 17.1 Å². The highest BCUT2D eigenvalue weighted by Gasteiger charge is 2.12. The standard InChI is InChI=1S/C15H12ClN5O2/c16-12-5-6-13-11(7-12)8-17-15(19-13)20-18-9-10-3-1-2-4-14(10)21(22)23/h1-7,9H,8H2,(H2,17,19,20)/b18-9+. The van der Waals surface area contributed by atoms with Crippen LogP contribution in [0.25, 0.3) is 0 Å². The second-order valence-corrected chi connectivity index (χ2v) is 5.21. The maximum atomic E-state index is 10.9. The summed E-state index contributed by atoms with van der Waals surface area (Å²) < 4.78 is 0. The van der Waals surface area contributed by atoms with E-state index in [2.05, 4.69) is 20.8 Å². The van der Waals surface area contributed by atoms with E-state index in [-0.39, 0.29) is 5.69 Å². The van der Waals surface area contributed by atoms with Crippen LogP contribution in [-0.2, 0) is 6.54 Å². The van der Waals surface area contributed by atoms with E-state index < -0.39 is 4.92 Å². The maximum Gasteiger partial charge on any atom is 0.278 e. The number of hydrogen-bond acceptors (Lipinski definition) is 6. The van der Waals surface area contributed by atoms with Crippen LogP contribution in [0.15, 0.2) is 52.6 Å². The first-order chi connectivity index (χ1) is 11.1. The van der Waals surface area contributed by atoms with E-state index in [0.717, 1.165) is 11.3 Å². The highest BCUT2D eigenvalue weighted by Crippen LogP contribution is 2.23. The van der Waals surface area contributed by atoms with Crippen LogP contribution >= 0.6 is 11.6 Å². The Balaban J connectivity index is 1.69. The Morgan fingerprint density at radius 2 is 2.17 bits per heavy atom. The Kier molecular flexibility index (Phi) is 4.20. The molecule has 0 fully saturated rings. The molecule has 2 N–H and O–H groups in total. The minimum Gasteiger partial charge on any atom is -0.325 e. The molecule has 2 aromatic rings. The summed E-state index contributed by atoms with van der Waals surface area (Å²) in [5.41, 5.74) is 5.04. The highest BCUT2D eigenvalue weighted by atomic mass is 35.5. The van der Waals surface area contributed by atoms with Gasteiger partial charge in [-0.3, -0.25) is 10.1 Å². The molecule has 0 unspecified atom stereocenters. The molecular weight excluding hydrogens is 318 g/mol. The van der Waals surface area contributed by atoms with Crippen molar-refractivity contribution in [3.8, 4) is 0 Å². The molecule has 0 saturated carbocycles. The Morgan fingerprint density at radius 3 is 3.00 bits per heavy atom. The Labute approximate surface area is 136 Å². The molecule has 0 aromatic heterocycles. The Bertz CT molecular complexity index is 819. The molecule has 7 nitrogen and oxygen atoms in total. The van der Waals surface area contributed by atoms with Crippen LogP contribution in [0.5, 0.6) is 0 Å². The molecule has 3 rings (SSSR count). The highest BCUT2D eigenvalue weighted by molar-refractivity contribution is 6.30. The van der Waals surface area contributed by atoms with E-state index in [1.165, 1.54) is 12.3 Å². The number of hydrogen-bond donors (Lipinski definition) is 2. The molecular formula is C15H12ClN5O2. The average molecular weight is 330 g/mol. The van der Waals surface area contributed by atoms with E-state index in [9.17, 15) is 10.1 Å². The summed E-state index contributed by atoms with van der Waals surface area (Å²) in [5.74, 6) is 0.467. The van der Waals surface area contributed by atoms with Gasteiger partial charge in [0.05, 0.1) is 23.2 Å². The summed E-state index contributed by atoms with van der Waals surface area (Å²) in [6.45, 7) is 0.478.